The van der Waals surface area contributed by atoms with Gasteiger partial charge in [-0.1, -0.05) is 91.0 Å². The van der Waals surface area contributed by atoms with Crippen LogP contribution in [-0.2, 0) is 5.41 Å². The minimum absolute atomic E-state index is 0.142. The van der Waals surface area contributed by atoms with Crippen LogP contribution in [0.5, 0.6) is 0 Å². The second-order valence-corrected chi connectivity index (χ2v) is 17.8. The summed E-state index contributed by atoms with van der Waals surface area (Å²) in [5.74, 6) is 4.25. The third kappa shape index (κ3) is 4.00. The summed E-state index contributed by atoms with van der Waals surface area (Å²) in [7, 11) is 0. The molecule has 0 atom stereocenters. The molecule has 3 aromatic heterocycles. The van der Waals surface area contributed by atoms with Crippen molar-refractivity contribution >= 4 is 54.5 Å². The Bertz CT molecular complexity index is 3350. The lowest BCUT2D eigenvalue weighted by Gasteiger charge is -2.61. The molecule has 276 valence electrons. The maximum absolute atomic E-state index is 4.84. The van der Waals surface area contributed by atoms with Gasteiger partial charge in [0.2, 0.25) is 0 Å². The van der Waals surface area contributed by atoms with Gasteiger partial charge in [-0.15, -0.1) is 0 Å². The van der Waals surface area contributed by atoms with Gasteiger partial charge >= 0.3 is 0 Å². The van der Waals surface area contributed by atoms with Gasteiger partial charge in [0, 0.05) is 38.0 Å². The molecule has 5 aliphatic carbocycles. The zero-order chi connectivity index (χ0) is 37.7. The van der Waals surface area contributed by atoms with Crippen LogP contribution >= 0.6 is 0 Å². The van der Waals surface area contributed by atoms with Crippen LogP contribution in [0.1, 0.15) is 43.2 Å². The summed E-state index contributed by atoms with van der Waals surface area (Å²) in [6, 6.07) is 57.0. The zero-order valence-corrected chi connectivity index (χ0v) is 32.1. The van der Waals surface area contributed by atoms with Gasteiger partial charge in [-0.25, -0.2) is 9.97 Å². The van der Waals surface area contributed by atoms with Gasteiger partial charge in [0.25, 0.3) is 0 Å². The van der Waals surface area contributed by atoms with Gasteiger partial charge in [0.1, 0.15) is 12.1 Å². The van der Waals surface area contributed by atoms with Crippen molar-refractivity contribution in [2.24, 2.45) is 23.7 Å². The molecule has 4 nitrogen and oxygen atoms in total. The van der Waals surface area contributed by atoms with Crippen LogP contribution in [-0.4, -0.2) is 19.1 Å². The van der Waals surface area contributed by atoms with Gasteiger partial charge < -0.3 is 4.57 Å². The molecule has 0 N–H and O–H groups in total. The number of hydrogen-bond acceptors (Lipinski definition) is 2. The average molecular weight is 745 g/mol. The molecule has 0 amide bonds. The van der Waals surface area contributed by atoms with Crippen molar-refractivity contribution < 1.29 is 0 Å². The third-order valence-corrected chi connectivity index (χ3v) is 15.2. The molecular weight excluding hydrogens is 705 g/mol. The molecule has 4 bridgehead atoms. The van der Waals surface area contributed by atoms with E-state index in [2.05, 4.69) is 160 Å². The van der Waals surface area contributed by atoms with Gasteiger partial charge in [-0.2, -0.15) is 0 Å². The van der Waals surface area contributed by atoms with Crippen molar-refractivity contribution in [2.75, 3.05) is 0 Å². The van der Waals surface area contributed by atoms with Crippen LogP contribution in [0.3, 0.4) is 0 Å². The van der Waals surface area contributed by atoms with Crippen LogP contribution in [0.2, 0.25) is 0 Å². The van der Waals surface area contributed by atoms with E-state index in [1.807, 2.05) is 6.07 Å². The van der Waals surface area contributed by atoms with Crippen LogP contribution in [0, 0.1) is 23.7 Å². The van der Waals surface area contributed by atoms with Crippen molar-refractivity contribution in [2.45, 2.75) is 37.5 Å². The number of benzene rings is 7. The highest BCUT2D eigenvalue weighted by Crippen LogP contribution is 2.69. The van der Waals surface area contributed by atoms with Gasteiger partial charge in [0.15, 0.2) is 0 Å². The summed E-state index contributed by atoms with van der Waals surface area (Å²) in [6.07, 6.45) is 8.74. The Balaban J connectivity index is 0.939. The van der Waals surface area contributed by atoms with E-state index in [0.29, 0.717) is 0 Å². The summed E-state index contributed by atoms with van der Waals surface area (Å²) in [5.41, 5.74) is 15.8. The number of fused-ring (bicyclic) bond motifs is 10. The Kier molecular flexibility index (Phi) is 6.16. The highest BCUT2D eigenvalue weighted by Gasteiger charge is 2.61. The largest absolute Gasteiger partial charge is 0.309 e. The highest BCUT2D eigenvalue weighted by molar-refractivity contribution is 6.13. The predicted octanol–water partition coefficient (Wildman–Crippen LogP) is 13.2. The van der Waals surface area contributed by atoms with E-state index in [4.69, 9.17) is 4.98 Å². The lowest BCUT2D eigenvalue weighted by Crippen LogP contribution is -2.55. The van der Waals surface area contributed by atoms with Crippen molar-refractivity contribution in [3.8, 4) is 33.8 Å². The van der Waals surface area contributed by atoms with E-state index < -0.39 is 0 Å². The standard InChI is InChI=1S/C54H40N4/c1-5-13-46-39(9-1)40-20-19-38(30-47(40)54(46)36-24-32-23-33(26-36)27-37(54)25-32)57-49-15-7-3-10-41(49)44-28-34(17-21-51(44)57)35-18-22-52-45(29-35)42-11-4-8-16-50(42)58(52)53-43-12-2-6-14-48(43)55-31-56-53/h1-22,28-33,36-37H,23-27H2. The summed E-state index contributed by atoms with van der Waals surface area (Å²) in [6.45, 7) is 0. The minimum Gasteiger partial charge on any atom is -0.309 e. The topological polar surface area (TPSA) is 35.6 Å². The fraction of sp³-hybridized carbons (Fsp3) is 0.185. The second-order valence-electron chi connectivity index (χ2n) is 17.8. The molecule has 3 heterocycles. The number of rotatable bonds is 3. The van der Waals surface area contributed by atoms with E-state index in [0.717, 1.165) is 51.4 Å². The van der Waals surface area contributed by atoms with Gasteiger partial charge in [-0.05, 0) is 150 Å². The number of para-hydroxylation sites is 3. The second kappa shape index (κ2) is 11.3. The Labute approximate surface area is 336 Å². The molecule has 7 aromatic carbocycles. The van der Waals surface area contributed by atoms with E-state index in [9.17, 15) is 0 Å². The molecule has 0 saturated heterocycles. The van der Waals surface area contributed by atoms with Crippen LogP contribution in [0.4, 0.5) is 0 Å². The Hall–Kier alpha value is -6.52. The SMILES string of the molecule is c1ccc2c(c1)-c1ccc(-n3c4ccccc4c4cc(-c5ccc6c(c5)c5ccccc5n6-c5ncnc6ccccc56)ccc43)cc1C21C2CC3CC(C2)CC1C3. The normalized spacial score (nSPS) is 22.9. The Morgan fingerprint density at radius 3 is 1.72 bits per heavy atom. The first kappa shape index (κ1) is 31.6. The summed E-state index contributed by atoms with van der Waals surface area (Å²) >= 11 is 0. The number of aromatic nitrogens is 4. The van der Waals surface area contributed by atoms with Crippen molar-refractivity contribution in [1.82, 2.24) is 19.1 Å². The van der Waals surface area contributed by atoms with Crippen LogP contribution in [0.25, 0.3) is 88.3 Å². The van der Waals surface area contributed by atoms with E-state index in [1.54, 1.807) is 17.5 Å². The monoisotopic (exact) mass is 744 g/mol. The molecule has 0 radical (unpaired) electrons. The molecule has 1 spiro atoms. The molecular formula is C54H40N4. The lowest BCUT2D eigenvalue weighted by molar-refractivity contribution is -0.0399. The Morgan fingerprint density at radius 2 is 1.00 bits per heavy atom. The predicted molar refractivity (Wildman–Crippen MR) is 237 cm³/mol. The zero-order valence-electron chi connectivity index (χ0n) is 32.1. The molecule has 0 unspecified atom stereocenters. The fourth-order valence-electron chi connectivity index (χ4n) is 13.3. The number of hydrogen-bond donors (Lipinski definition) is 0. The molecule has 10 aromatic rings. The quantitative estimate of drug-likeness (QED) is 0.181. The molecule has 4 fully saturated rings. The molecule has 15 rings (SSSR count). The maximum atomic E-state index is 4.84. The van der Waals surface area contributed by atoms with Crippen molar-refractivity contribution in [1.29, 1.82) is 0 Å². The summed E-state index contributed by atoms with van der Waals surface area (Å²) in [5, 5.41) is 6.06. The summed E-state index contributed by atoms with van der Waals surface area (Å²) in [4.78, 5) is 9.41. The van der Waals surface area contributed by atoms with Gasteiger partial charge in [-0.3, -0.25) is 4.57 Å². The smallest absolute Gasteiger partial charge is 0.148 e. The summed E-state index contributed by atoms with van der Waals surface area (Å²) < 4.78 is 4.85. The van der Waals surface area contributed by atoms with Crippen molar-refractivity contribution in [3.05, 3.63) is 169 Å². The van der Waals surface area contributed by atoms with E-state index in [1.165, 1.54) is 92.6 Å². The van der Waals surface area contributed by atoms with Gasteiger partial charge in [0.05, 0.1) is 27.6 Å². The van der Waals surface area contributed by atoms with Crippen LogP contribution < -0.4 is 0 Å². The first-order valence-corrected chi connectivity index (χ1v) is 21.2. The average Bonchev–Trinajstić information content (AvgIpc) is 3.88. The first-order chi connectivity index (χ1) is 28.7. The Morgan fingerprint density at radius 1 is 0.431 bits per heavy atom. The minimum atomic E-state index is 0.142. The fourth-order valence-corrected chi connectivity index (χ4v) is 13.3. The third-order valence-electron chi connectivity index (χ3n) is 15.2. The van der Waals surface area contributed by atoms with E-state index in [-0.39, 0.29) is 5.41 Å². The maximum Gasteiger partial charge on any atom is 0.148 e. The lowest BCUT2D eigenvalue weighted by atomic mass is 9.43. The van der Waals surface area contributed by atoms with Crippen molar-refractivity contribution in [3.63, 3.8) is 0 Å². The molecule has 5 aliphatic rings. The first-order valence-electron chi connectivity index (χ1n) is 21.2. The molecule has 4 saturated carbocycles. The van der Waals surface area contributed by atoms with E-state index >= 15 is 0 Å². The number of nitrogens with zero attached hydrogens (tertiary/aromatic N) is 4. The molecule has 0 aliphatic heterocycles. The highest BCUT2D eigenvalue weighted by atomic mass is 15.1. The molecule has 4 heteroatoms. The molecule has 58 heavy (non-hydrogen) atoms. The van der Waals surface area contributed by atoms with Crippen LogP contribution in [0.15, 0.2) is 158 Å².